The lowest BCUT2D eigenvalue weighted by Crippen LogP contribution is -2.17. The molecule has 1 N–H and O–H groups in total. The molecule has 1 unspecified atom stereocenters. The zero-order valence-corrected chi connectivity index (χ0v) is 12.0. The van der Waals surface area contributed by atoms with Crippen LogP contribution in [-0.2, 0) is 0 Å². The number of nitrogens with one attached hydrogen (secondary N) is 1. The molecule has 0 fully saturated rings. The van der Waals surface area contributed by atoms with Crippen molar-refractivity contribution in [2.45, 2.75) is 6.04 Å². The fraction of sp³-hybridized carbons (Fsp3) is 0.125. The van der Waals surface area contributed by atoms with Crippen molar-refractivity contribution in [2.24, 2.45) is 0 Å². The number of benzene rings is 2. The van der Waals surface area contributed by atoms with Gasteiger partial charge in [-0.25, -0.2) is 0 Å². The number of aromatic nitrogens is 2. The summed E-state index contributed by atoms with van der Waals surface area (Å²) in [6.45, 7) is 0. The van der Waals surface area contributed by atoms with Gasteiger partial charge >= 0.3 is 0 Å². The lowest BCUT2D eigenvalue weighted by molar-refractivity contribution is 0.668. The Kier molecular flexibility index (Phi) is 3.85. The summed E-state index contributed by atoms with van der Waals surface area (Å²) in [5.41, 5.74) is 4.61. The number of hydrogen-bond donors (Lipinski definition) is 1. The maximum atomic E-state index is 4.15. The van der Waals surface area contributed by atoms with E-state index in [2.05, 4.69) is 63.4 Å². The minimum Gasteiger partial charge on any atom is -0.308 e. The molecule has 20 heavy (non-hydrogen) atoms. The van der Waals surface area contributed by atoms with Gasteiger partial charge in [0.25, 0.3) is 0 Å². The van der Waals surface area contributed by atoms with Gasteiger partial charge in [0.05, 0.1) is 11.7 Å². The zero-order chi connectivity index (χ0) is 13.8. The van der Waals surface area contributed by atoms with Gasteiger partial charge in [0.1, 0.15) is 0 Å². The van der Waals surface area contributed by atoms with Crippen LogP contribution in [-0.4, -0.2) is 16.6 Å². The molecule has 2 aromatic carbocycles. The van der Waals surface area contributed by atoms with Crippen molar-refractivity contribution in [1.82, 2.24) is 14.9 Å². The number of hydrogen-bond acceptors (Lipinski definition) is 4. The topological polar surface area (TPSA) is 37.8 Å². The van der Waals surface area contributed by atoms with Gasteiger partial charge in [0.15, 0.2) is 0 Å². The van der Waals surface area contributed by atoms with Crippen molar-refractivity contribution in [1.29, 1.82) is 0 Å². The van der Waals surface area contributed by atoms with E-state index in [1.807, 2.05) is 18.5 Å². The van der Waals surface area contributed by atoms with E-state index >= 15 is 0 Å². The van der Waals surface area contributed by atoms with E-state index in [-0.39, 0.29) is 6.04 Å². The number of nitrogens with zero attached hydrogens (tertiary/aromatic N) is 2. The zero-order valence-electron chi connectivity index (χ0n) is 11.2. The SMILES string of the molecule is CNC(c1ccc(-c2ccccc2)cc1)c1csnn1. The van der Waals surface area contributed by atoms with Gasteiger partial charge in [0.2, 0.25) is 0 Å². The summed E-state index contributed by atoms with van der Waals surface area (Å²) in [5.74, 6) is 0. The smallest absolute Gasteiger partial charge is 0.0970 e. The second-order valence-electron chi connectivity index (χ2n) is 4.54. The van der Waals surface area contributed by atoms with Crippen LogP contribution in [0.5, 0.6) is 0 Å². The molecule has 100 valence electrons. The predicted octanol–water partition coefficient (Wildman–Crippen LogP) is 3.51. The highest BCUT2D eigenvalue weighted by Crippen LogP contribution is 2.24. The first-order chi connectivity index (χ1) is 9.88. The van der Waals surface area contributed by atoms with Gasteiger partial charge in [-0.1, -0.05) is 59.1 Å². The Morgan fingerprint density at radius 1 is 0.950 bits per heavy atom. The first-order valence-electron chi connectivity index (χ1n) is 6.48. The van der Waals surface area contributed by atoms with Crippen molar-refractivity contribution in [3.63, 3.8) is 0 Å². The van der Waals surface area contributed by atoms with Crippen molar-refractivity contribution in [3.8, 4) is 11.1 Å². The Bertz CT molecular complexity index is 648. The van der Waals surface area contributed by atoms with Gasteiger partial charge in [-0.05, 0) is 35.3 Å². The third-order valence-corrected chi connectivity index (χ3v) is 3.84. The summed E-state index contributed by atoms with van der Waals surface area (Å²) in [7, 11) is 1.94. The quantitative estimate of drug-likeness (QED) is 0.795. The minimum absolute atomic E-state index is 0.0959. The maximum absolute atomic E-state index is 4.15. The van der Waals surface area contributed by atoms with Crippen LogP contribution in [0.2, 0.25) is 0 Å². The summed E-state index contributed by atoms with van der Waals surface area (Å²) in [6.07, 6.45) is 0. The van der Waals surface area contributed by atoms with Crippen LogP contribution in [0.15, 0.2) is 60.0 Å². The van der Waals surface area contributed by atoms with Crippen LogP contribution >= 0.6 is 11.5 Å². The van der Waals surface area contributed by atoms with Gasteiger partial charge < -0.3 is 5.32 Å². The van der Waals surface area contributed by atoms with E-state index in [1.54, 1.807) is 0 Å². The van der Waals surface area contributed by atoms with E-state index < -0.39 is 0 Å². The summed E-state index contributed by atoms with van der Waals surface area (Å²) < 4.78 is 3.93. The monoisotopic (exact) mass is 281 g/mol. The van der Waals surface area contributed by atoms with E-state index in [4.69, 9.17) is 0 Å². The molecular formula is C16H15N3S. The molecule has 0 radical (unpaired) electrons. The predicted molar refractivity (Wildman–Crippen MR) is 82.7 cm³/mol. The van der Waals surface area contributed by atoms with Gasteiger partial charge in [-0.2, -0.15) is 0 Å². The molecule has 3 aromatic rings. The maximum Gasteiger partial charge on any atom is 0.0970 e. The van der Waals surface area contributed by atoms with Gasteiger partial charge in [0, 0.05) is 5.38 Å². The Morgan fingerprint density at radius 2 is 1.65 bits per heavy atom. The summed E-state index contributed by atoms with van der Waals surface area (Å²) in [4.78, 5) is 0. The van der Waals surface area contributed by atoms with Crippen LogP contribution in [0.1, 0.15) is 17.3 Å². The van der Waals surface area contributed by atoms with Crippen LogP contribution in [0, 0.1) is 0 Å². The van der Waals surface area contributed by atoms with Crippen LogP contribution in [0.4, 0.5) is 0 Å². The first-order valence-corrected chi connectivity index (χ1v) is 7.32. The molecule has 0 aliphatic rings. The molecule has 0 bridgehead atoms. The van der Waals surface area contributed by atoms with Gasteiger partial charge in [-0.3, -0.25) is 0 Å². The lowest BCUT2D eigenvalue weighted by atomic mass is 10.00. The first kappa shape index (κ1) is 13.0. The minimum atomic E-state index is 0.0959. The normalized spacial score (nSPS) is 12.2. The Hall–Kier alpha value is -2.04. The third kappa shape index (κ3) is 2.61. The van der Waals surface area contributed by atoms with Gasteiger partial charge in [-0.15, -0.1) is 5.10 Å². The molecule has 4 heteroatoms. The summed E-state index contributed by atoms with van der Waals surface area (Å²) in [5, 5.41) is 9.41. The van der Waals surface area contributed by atoms with Crippen molar-refractivity contribution < 1.29 is 0 Å². The highest BCUT2D eigenvalue weighted by Gasteiger charge is 2.14. The van der Waals surface area contributed by atoms with Crippen molar-refractivity contribution in [2.75, 3.05) is 7.05 Å². The third-order valence-electron chi connectivity index (χ3n) is 3.31. The standard InChI is InChI=1S/C16H15N3S/c1-17-16(15-11-20-19-18-15)14-9-7-13(8-10-14)12-5-3-2-4-6-12/h2-11,16-17H,1H3. The van der Waals surface area contributed by atoms with Crippen molar-refractivity contribution >= 4 is 11.5 Å². The summed E-state index contributed by atoms with van der Waals surface area (Å²) >= 11 is 1.38. The molecular weight excluding hydrogens is 266 g/mol. The van der Waals surface area contributed by atoms with E-state index in [0.717, 1.165) is 5.69 Å². The molecule has 1 heterocycles. The lowest BCUT2D eigenvalue weighted by Gasteiger charge is -2.14. The molecule has 1 atom stereocenters. The molecule has 0 spiro atoms. The fourth-order valence-electron chi connectivity index (χ4n) is 2.28. The molecule has 3 rings (SSSR count). The highest BCUT2D eigenvalue weighted by atomic mass is 32.1. The average molecular weight is 281 g/mol. The fourth-order valence-corrected chi connectivity index (χ4v) is 2.76. The molecule has 0 aliphatic heterocycles. The average Bonchev–Trinajstić information content (AvgIpc) is 3.04. The largest absolute Gasteiger partial charge is 0.308 e. The van der Waals surface area contributed by atoms with E-state index in [9.17, 15) is 0 Å². The second kappa shape index (κ2) is 5.94. The molecule has 1 aromatic heterocycles. The molecule has 0 amide bonds. The summed E-state index contributed by atoms with van der Waals surface area (Å²) in [6, 6.07) is 19.1. The van der Waals surface area contributed by atoms with Crippen LogP contribution < -0.4 is 5.32 Å². The highest BCUT2D eigenvalue weighted by molar-refractivity contribution is 7.03. The molecule has 0 aliphatic carbocycles. The Balaban J connectivity index is 1.89. The Morgan fingerprint density at radius 3 is 2.25 bits per heavy atom. The van der Waals surface area contributed by atoms with Crippen LogP contribution in [0.25, 0.3) is 11.1 Å². The van der Waals surface area contributed by atoms with Crippen LogP contribution in [0.3, 0.4) is 0 Å². The van der Waals surface area contributed by atoms with E-state index in [1.165, 1.54) is 28.2 Å². The number of rotatable bonds is 4. The molecule has 0 saturated carbocycles. The Labute approximate surface area is 122 Å². The van der Waals surface area contributed by atoms with Crippen molar-refractivity contribution in [3.05, 3.63) is 71.2 Å². The molecule has 0 saturated heterocycles. The molecule has 3 nitrogen and oxygen atoms in total. The second-order valence-corrected chi connectivity index (χ2v) is 5.15. The van der Waals surface area contributed by atoms with E-state index in [0.29, 0.717) is 0 Å².